The van der Waals surface area contributed by atoms with Gasteiger partial charge in [-0.05, 0) is 19.4 Å². The fourth-order valence-corrected chi connectivity index (χ4v) is 1.17. The van der Waals surface area contributed by atoms with E-state index in [0.717, 1.165) is 6.42 Å². The first-order valence-corrected chi connectivity index (χ1v) is 5.09. The summed E-state index contributed by atoms with van der Waals surface area (Å²) in [4.78, 5) is 4.06. The number of aliphatic hydroxyl groups is 1. The predicted molar refractivity (Wildman–Crippen MR) is 62.8 cm³/mol. The Hall–Kier alpha value is -1.80. The second kappa shape index (κ2) is 4.81. The van der Waals surface area contributed by atoms with E-state index in [1.165, 1.54) is 6.20 Å². The lowest BCUT2D eigenvalue weighted by Gasteiger charge is -2.28. The van der Waals surface area contributed by atoms with E-state index in [0.29, 0.717) is 17.1 Å². The van der Waals surface area contributed by atoms with Crippen LogP contribution in [0.15, 0.2) is 12.3 Å². The molecule has 0 aliphatic rings. The van der Waals surface area contributed by atoms with Crippen molar-refractivity contribution < 1.29 is 5.11 Å². The number of aromatic nitrogens is 1. The maximum atomic E-state index is 9.25. The molecule has 0 spiro atoms. The van der Waals surface area contributed by atoms with Gasteiger partial charge < -0.3 is 16.2 Å². The van der Waals surface area contributed by atoms with Gasteiger partial charge in [-0.3, -0.25) is 0 Å². The number of hydrogen-bond acceptors (Lipinski definition) is 5. The van der Waals surface area contributed by atoms with E-state index in [1.807, 2.05) is 19.9 Å². The number of aliphatic hydroxyl groups excluding tert-OH is 1. The Labute approximate surface area is 94.9 Å². The molecule has 0 fully saturated rings. The van der Waals surface area contributed by atoms with E-state index in [4.69, 9.17) is 11.0 Å². The first-order valence-electron chi connectivity index (χ1n) is 5.09. The molecule has 0 saturated heterocycles. The highest BCUT2D eigenvalue weighted by Crippen LogP contribution is 2.22. The number of nitriles is 1. The monoisotopic (exact) mass is 220 g/mol. The number of nitrogen functional groups attached to an aromatic ring is 1. The molecule has 0 amide bonds. The van der Waals surface area contributed by atoms with Crippen LogP contribution in [0.2, 0.25) is 0 Å². The van der Waals surface area contributed by atoms with Crippen LogP contribution in [0.5, 0.6) is 0 Å². The summed E-state index contributed by atoms with van der Waals surface area (Å²) in [5.41, 5.74) is 6.14. The number of nitrogens with zero attached hydrogens (tertiary/aromatic N) is 2. The maximum Gasteiger partial charge on any atom is 0.149 e. The fraction of sp³-hybridized carbons (Fsp3) is 0.455. The zero-order valence-corrected chi connectivity index (χ0v) is 9.49. The Morgan fingerprint density at radius 1 is 1.69 bits per heavy atom. The van der Waals surface area contributed by atoms with Gasteiger partial charge in [-0.2, -0.15) is 5.26 Å². The lowest BCUT2D eigenvalue weighted by Crippen LogP contribution is -2.38. The Morgan fingerprint density at radius 2 is 2.38 bits per heavy atom. The van der Waals surface area contributed by atoms with Crippen molar-refractivity contribution in [2.45, 2.75) is 25.8 Å². The van der Waals surface area contributed by atoms with Crippen LogP contribution in [-0.2, 0) is 0 Å². The average Bonchev–Trinajstić information content (AvgIpc) is 2.31. The van der Waals surface area contributed by atoms with Crippen LogP contribution in [0.1, 0.15) is 25.8 Å². The summed E-state index contributed by atoms with van der Waals surface area (Å²) in [6.07, 6.45) is 2.19. The summed E-state index contributed by atoms with van der Waals surface area (Å²) in [5, 5.41) is 21.0. The van der Waals surface area contributed by atoms with Crippen molar-refractivity contribution in [3.8, 4) is 6.07 Å². The molecule has 1 heterocycles. The molecular weight excluding hydrogens is 204 g/mol. The summed E-state index contributed by atoms with van der Waals surface area (Å²) in [6, 6.07) is 3.52. The summed E-state index contributed by atoms with van der Waals surface area (Å²) < 4.78 is 0. The van der Waals surface area contributed by atoms with E-state index < -0.39 is 5.54 Å². The predicted octanol–water partition coefficient (Wildman–Crippen LogP) is 1.11. The SMILES string of the molecule is CCC(C)(CO)Nc1ncc(C#N)cc1N. The minimum atomic E-state index is -0.449. The number of rotatable bonds is 4. The van der Waals surface area contributed by atoms with Crippen molar-refractivity contribution in [1.82, 2.24) is 4.98 Å². The third kappa shape index (κ3) is 2.61. The number of nitrogens with one attached hydrogen (secondary N) is 1. The van der Waals surface area contributed by atoms with E-state index >= 15 is 0 Å². The van der Waals surface area contributed by atoms with Crippen LogP contribution >= 0.6 is 0 Å². The van der Waals surface area contributed by atoms with Crippen molar-refractivity contribution >= 4 is 11.5 Å². The van der Waals surface area contributed by atoms with Crippen molar-refractivity contribution in [3.05, 3.63) is 17.8 Å². The van der Waals surface area contributed by atoms with Gasteiger partial charge in [-0.25, -0.2) is 4.98 Å². The van der Waals surface area contributed by atoms with Crippen molar-refractivity contribution in [2.24, 2.45) is 0 Å². The zero-order valence-electron chi connectivity index (χ0n) is 9.49. The van der Waals surface area contributed by atoms with E-state index in [-0.39, 0.29) is 6.61 Å². The van der Waals surface area contributed by atoms with Crippen molar-refractivity contribution in [1.29, 1.82) is 5.26 Å². The lowest BCUT2D eigenvalue weighted by atomic mass is 10.0. The molecule has 86 valence electrons. The van der Waals surface area contributed by atoms with Gasteiger partial charge in [0.05, 0.1) is 23.4 Å². The Morgan fingerprint density at radius 3 is 2.81 bits per heavy atom. The molecule has 0 aromatic carbocycles. The van der Waals surface area contributed by atoms with Crippen molar-refractivity contribution in [2.75, 3.05) is 17.7 Å². The van der Waals surface area contributed by atoms with Gasteiger partial charge in [0.15, 0.2) is 0 Å². The summed E-state index contributed by atoms with van der Waals surface area (Å²) >= 11 is 0. The van der Waals surface area contributed by atoms with Crippen LogP contribution in [0.25, 0.3) is 0 Å². The Kier molecular flexibility index (Phi) is 3.69. The van der Waals surface area contributed by atoms with Gasteiger partial charge in [0.2, 0.25) is 0 Å². The van der Waals surface area contributed by atoms with Gasteiger partial charge in [0.25, 0.3) is 0 Å². The van der Waals surface area contributed by atoms with Gasteiger partial charge in [0.1, 0.15) is 11.9 Å². The average molecular weight is 220 g/mol. The van der Waals surface area contributed by atoms with Gasteiger partial charge in [-0.15, -0.1) is 0 Å². The molecule has 4 N–H and O–H groups in total. The topological polar surface area (TPSA) is 95.0 Å². The smallest absolute Gasteiger partial charge is 0.149 e. The van der Waals surface area contributed by atoms with E-state index in [1.54, 1.807) is 6.07 Å². The molecule has 5 heteroatoms. The highest BCUT2D eigenvalue weighted by Gasteiger charge is 2.21. The molecule has 0 aliphatic carbocycles. The standard InChI is InChI=1S/C11H16N4O/c1-3-11(2,7-16)15-10-9(13)4-8(5-12)6-14-10/h4,6,16H,3,7,13H2,1-2H3,(H,14,15). The van der Waals surface area contributed by atoms with Crippen LogP contribution < -0.4 is 11.1 Å². The molecule has 1 rings (SSSR count). The molecule has 0 radical (unpaired) electrons. The van der Waals surface area contributed by atoms with Crippen LogP contribution in [0.3, 0.4) is 0 Å². The van der Waals surface area contributed by atoms with Gasteiger partial charge in [-0.1, -0.05) is 6.92 Å². The van der Waals surface area contributed by atoms with Crippen LogP contribution in [-0.4, -0.2) is 22.2 Å². The first-order chi connectivity index (χ1) is 7.54. The van der Waals surface area contributed by atoms with Crippen LogP contribution in [0, 0.1) is 11.3 Å². The van der Waals surface area contributed by atoms with Gasteiger partial charge in [0, 0.05) is 6.20 Å². The normalized spacial score (nSPS) is 13.9. The molecule has 1 unspecified atom stereocenters. The number of anilines is 2. The second-order valence-electron chi connectivity index (χ2n) is 3.97. The Balaban J connectivity index is 2.94. The second-order valence-corrected chi connectivity index (χ2v) is 3.97. The largest absolute Gasteiger partial charge is 0.396 e. The lowest BCUT2D eigenvalue weighted by molar-refractivity contribution is 0.218. The van der Waals surface area contributed by atoms with Crippen molar-refractivity contribution in [3.63, 3.8) is 0 Å². The highest BCUT2D eigenvalue weighted by molar-refractivity contribution is 5.63. The number of nitrogens with two attached hydrogens (primary N) is 1. The fourth-order valence-electron chi connectivity index (χ4n) is 1.17. The molecule has 5 nitrogen and oxygen atoms in total. The highest BCUT2D eigenvalue weighted by atomic mass is 16.3. The molecule has 1 aromatic heterocycles. The third-order valence-electron chi connectivity index (χ3n) is 2.60. The maximum absolute atomic E-state index is 9.25. The zero-order chi connectivity index (χ0) is 12.2. The quantitative estimate of drug-likeness (QED) is 0.706. The first kappa shape index (κ1) is 12.3. The minimum absolute atomic E-state index is 0.00930. The van der Waals surface area contributed by atoms with Gasteiger partial charge >= 0.3 is 0 Å². The van der Waals surface area contributed by atoms with E-state index in [2.05, 4.69) is 10.3 Å². The molecule has 1 atom stereocenters. The molecular formula is C11H16N4O. The third-order valence-corrected chi connectivity index (χ3v) is 2.60. The number of hydrogen-bond donors (Lipinski definition) is 3. The molecule has 0 aliphatic heterocycles. The molecule has 0 bridgehead atoms. The Bertz CT molecular complexity index is 407. The summed E-state index contributed by atoms with van der Waals surface area (Å²) in [7, 11) is 0. The summed E-state index contributed by atoms with van der Waals surface area (Å²) in [6.45, 7) is 3.83. The molecule has 1 aromatic rings. The summed E-state index contributed by atoms with van der Waals surface area (Å²) in [5.74, 6) is 0.498. The molecule has 16 heavy (non-hydrogen) atoms. The van der Waals surface area contributed by atoms with Crippen LogP contribution in [0.4, 0.5) is 11.5 Å². The minimum Gasteiger partial charge on any atom is -0.396 e. The molecule has 0 saturated carbocycles. The van der Waals surface area contributed by atoms with E-state index in [9.17, 15) is 5.11 Å². The number of pyridine rings is 1.